The van der Waals surface area contributed by atoms with E-state index < -0.39 is 0 Å². The third kappa shape index (κ3) is 4.33. The highest BCUT2D eigenvalue weighted by Crippen LogP contribution is 2.42. The molecule has 0 amide bonds. The van der Waals surface area contributed by atoms with E-state index in [1.54, 1.807) is 0 Å². The van der Waals surface area contributed by atoms with Crippen LogP contribution in [0, 0.1) is 5.41 Å². The number of nitrogens with one attached hydrogen (secondary N) is 1. The summed E-state index contributed by atoms with van der Waals surface area (Å²) in [4.78, 5) is 0. The second-order valence-electron chi connectivity index (χ2n) is 8.71. The molecule has 1 aromatic carbocycles. The molecule has 22 heavy (non-hydrogen) atoms. The fourth-order valence-electron chi connectivity index (χ4n) is 3.83. The summed E-state index contributed by atoms with van der Waals surface area (Å²) in [6.07, 6.45) is 7.36. The summed E-state index contributed by atoms with van der Waals surface area (Å²) in [7, 11) is 0. The van der Waals surface area contributed by atoms with Crippen LogP contribution >= 0.6 is 0 Å². The minimum atomic E-state index is 0.368. The van der Waals surface area contributed by atoms with E-state index >= 15 is 0 Å². The Morgan fingerprint density at radius 2 is 1.68 bits per heavy atom. The van der Waals surface area contributed by atoms with Gasteiger partial charge in [0.2, 0.25) is 0 Å². The molecule has 0 heterocycles. The van der Waals surface area contributed by atoms with Crippen molar-refractivity contribution in [2.24, 2.45) is 11.1 Å². The van der Waals surface area contributed by atoms with E-state index in [1.165, 1.54) is 43.2 Å². The molecule has 2 aliphatic rings. The summed E-state index contributed by atoms with van der Waals surface area (Å²) >= 11 is 0. The lowest BCUT2D eigenvalue weighted by atomic mass is 9.88. The third-order valence-electron chi connectivity index (χ3n) is 5.15. The van der Waals surface area contributed by atoms with Gasteiger partial charge in [0.1, 0.15) is 0 Å². The van der Waals surface area contributed by atoms with E-state index in [9.17, 15) is 0 Å². The molecule has 0 bridgehead atoms. The Kier molecular flexibility index (Phi) is 4.61. The largest absolute Gasteiger partial charge is 0.328 e. The second kappa shape index (κ2) is 6.33. The summed E-state index contributed by atoms with van der Waals surface area (Å²) in [6, 6.07) is 11.2. The maximum absolute atomic E-state index is 5.99. The Morgan fingerprint density at radius 3 is 2.27 bits per heavy atom. The monoisotopic (exact) mass is 300 g/mol. The fourth-order valence-corrected chi connectivity index (χ4v) is 3.83. The average molecular weight is 300 g/mol. The molecule has 0 spiro atoms. The molecule has 0 aromatic heterocycles. The number of hydrogen-bond donors (Lipinski definition) is 2. The van der Waals surface area contributed by atoms with Gasteiger partial charge in [-0.2, -0.15) is 0 Å². The molecule has 2 aliphatic carbocycles. The Balaban J connectivity index is 1.49. The van der Waals surface area contributed by atoms with Crippen LogP contribution in [0.15, 0.2) is 24.3 Å². The van der Waals surface area contributed by atoms with Gasteiger partial charge in [-0.1, -0.05) is 45.0 Å². The molecule has 0 aliphatic heterocycles. The van der Waals surface area contributed by atoms with Crippen LogP contribution < -0.4 is 11.1 Å². The highest BCUT2D eigenvalue weighted by atomic mass is 15.0. The first kappa shape index (κ1) is 16.0. The van der Waals surface area contributed by atoms with Gasteiger partial charge in [0.25, 0.3) is 0 Å². The zero-order valence-electron chi connectivity index (χ0n) is 14.4. The van der Waals surface area contributed by atoms with E-state index in [-0.39, 0.29) is 0 Å². The molecule has 2 nitrogen and oxygen atoms in total. The molecule has 2 fully saturated rings. The SMILES string of the molecule is CC(C)(C)Cc1ccc([C@@H]2C[C@H]2N[C@H]2CC[C@H](N)CC2)cc1. The van der Waals surface area contributed by atoms with Crippen molar-refractivity contribution in [3.8, 4) is 0 Å². The summed E-state index contributed by atoms with van der Waals surface area (Å²) in [5.74, 6) is 0.735. The van der Waals surface area contributed by atoms with Gasteiger partial charge in [0.15, 0.2) is 0 Å². The zero-order chi connectivity index (χ0) is 15.7. The quantitative estimate of drug-likeness (QED) is 0.882. The van der Waals surface area contributed by atoms with Crippen LogP contribution in [0.2, 0.25) is 0 Å². The zero-order valence-corrected chi connectivity index (χ0v) is 14.4. The van der Waals surface area contributed by atoms with E-state index in [4.69, 9.17) is 5.73 Å². The van der Waals surface area contributed by atoms with Crippen molar-refractivity contribution in [1.29, 1.82) is 0 Å². The van der Waals surface area contributed by atoms with Gasteiger partial charge in [0.05, 0.1) is 0 Å². The van der Waals surface area contributed by atoms with Crippen molar-refractivity contribution in [2.45, 2.75) is 83.3 Å². The summed E-state index contributed by atoms with van der Waals surface area (Å²) in [5, 5.41) is 3.86. The number of nitrogens with two attached hydrogens (primary N) is 1. The van der Waals surface area contributed by atoms with Gasteiger partial charge in [-0.05, 0) is 55.1 Å². The Hall–Kier alpha value is -0.860. The summed E-state index contributed by atoms with van der Waals surface area (Å²) in [5.41, 5.74) is 9.34. The fraction of sp³-hybridized carbons (Fsp3) is 0.700. The van der Waals surface area contributed by atoms with Crippen LogP contribution in [0.3, 0.4) is 0 Å². The Bertz CT molecular complexity index is 477. The van der Waals surface area contributed by atoms with Crippen LogP contribution in [0.25, 0.3) is 0 Å². The lowest BCUT2D eigenvalue weighted by molar-refractivity contribution is 0.339. The molecule has 122 valence electrons. The molecule has 3 N–H and O–H groups in total. The molecule has 0 radical (unpaired) electrons. The van der Waals surface area contributed by atoms with Crippen molar-refractivity contribution in [1.82, 2.24) is 5.32 Å². The van der Waals surface area contributed by atoms with E-state index in [2.05, 4.69) is 50.4 Å². The number of hydrogen-bond acceptors (Lipinski definition) is 2. The minimum Gasteiger partial charge on any atom is -0.328 e. The van der Waals surface area contributed by atoms with Crippen molar-refractivity contribution in [2.75, 3.05) is 0 Å². The van der Waals surface area contributed by atoms with E-state index in [0.717, 1.165) is 12.3 Å². The van der Waals surface area contributed by atoms with Gasteiger partial charge in [-0.3, -0.25) is 0 Å². The summed E-state index contributed by atoms with van der Waals surface area (Å²) < 4.78 is 0. The molecule has 0 saturated heterocycles. The van der Waals surface area contributed by atoms with Gasteiger partial charge < -0.3 is 11.1 Å². The topological polar surface area (TPSA) is 38.0 Å². The minimum absolute atomic E-state index is 0.368. The third-order valence-corrected chi connectivity index (χ3v) is 5.15. The average Bonchev–Trinajstić information content (AvgIpc) is 3.20. The van der Waals surface area contributed by atoms with Crippen LogP contribution in [-0.4, -0.2) is 18.1 Å². The van der Waals surface area contributed by atoms with Crippen molar-refractivity contribution in [3.63, 3.8) is 0 Å². The maximum atomic E-state index is 5.99. The molecular weight excluding hydrogens is 268 g/mol. The first-order valence-corrected chi connectivity index (χ1v) is 9.01. The van der Waals surface area contributed by atoms with Gasteiger partial charge in [-0.15, -0.1) is 0 Å². The van der Waals surface area contributed by atoms with Crippen LogP contribution in [0.1, 0.15) is 69.9 Å². The molecule has 2 atom stereocenters. The van der Waals surface area contributed by atoms with Gasteiger partial charge >= 0.3 is 0 Å². The first-order valence-electron chi connectivity index (χ1n) is 9.01. The van der Waals surface area contributed by atoms with Gasteiger partial charge in [-0.25, -0.2) is 0 Å². The smallest absolute Gasteiger partial charge is 0.0145 e. The van der Waals surface area contributed by atoms with Crippen LogP contribution in [0.5, 0.6) is 0 Å². The summed E-state index contributed by atoms with van der Waals surface area (Å²) in [6.45, 7) is 6.91. The number of benzene rings is 1. The second-order valence-corrected chi connectivity index (χ2v) is 8.71. The Labute approximate surface area is 135 Å². The highest BCUT2D eigenvalue weighted by Gasteiger charge is 2.39. The molecule has 0 unspecified atom stereocenters. The number of rotatable bonds is 4. The van der Waals surface area contributed by atoms with Crippen molar-refractivity contribution in [3.05, 3.63) is 35.4 Å². The standard InChI is InChI=1S/C20H32N2/c1-20(2,3)13-14-4-6-15(7-5-14)18-12-19(18)22-17-10-8-16(21)9-11-17/h4-7,16-19,22H,8-13,21H2,1-3H3/t16-,17-,18-,19+/m0/s1. The van der Waals surface area contributed by atoms with Crippen LogP contribution in [0.4, 0.5) is 0 Å². The Morgan fingerprint density at radius 1 is 1.05 bits per heavy atom. The molecule has 3 rings (SSSR count). The van der Waals surface area contributed by atoms with E-state index in [1.807, 2.05) is 0 Å². The highest BCUT2D eigenvalue weighted by molar-refractivity contribution is 5.31. The lowest BCUT2D eigenvalue weighted by Gasteiger charge is -2.27. The van der Waals surface area contributed by atoms with E-state index in [0.29, 0.717) is 23.5 Å². The van der Waals surface area contributed by atoms with Crippen LogP contribution in [-0.2, 0) is 6.42 Å². The molecule has 1 aromatic rings. The first-order chi connectivity index (χ1) is 10.4. The lowest BCUT2D eigenvalue weighted by Crippen LogP contribution is -2.38. The van der Waals surface area contributed by atoms with Crippen molar-refractivity contribution >= 4 is 0 Å². The van der Waals surface area contributed by atoms with Gasteiger partial charge in [0, 0.05) is 24.0 Å². The normalized spacial score (nSPS) is 32.0. The maximum Gasteiger partial charge on any atom is 0.0145 e. The molecule has 2 saturated carbocycles. The van der Waals surface area contributed by atoms with Crippen molar-refractivity contribution < 1.29 is 0 Å². The molecule has 2 heteroatoms. The predicted octanol–water partition coefficient (Wildman–Crippen LogP) is 3.99. The molecular formula is C20H32N2. The predicted molar refractivity (Wildman–Crippen MR) is 94.1 cm³/mol.